The van der Waals surface area contributed by atoms with E-state index in [2.05, 4.69) is 4.98 Å². The van der Waals surface area contributed by atoms with Crippen molar-refractivity contribution in [1.82, 2.24) is 14.9 Å². The van der Waals surface area contributed by atoms with E-state index in [0.29, 0.717) is 0 Å². The van der Waals surface area contributed by atoms with Gasteiger partial charge in [0.25, 0.3) is 5.91 Å². The van der Waals surface area contributed by atoms with Gasteiger partial charge in [-0.3, -0.25) is 29.1 Å². The molecule has 0 saturated carbocycles. The zero-order valence-corrected chi connectivity index (χ0v) is 18.1. The number of hydrogen-bond acceptors (Lipinski definition) is 6. The molecule has 2 saturated heterocycles. The lowest BCUT2D eigenvalue weighted by atomic mass is 9.91. The van der Waals surface area contributed by atoms with Gasteiger partial charge in [0, 0.05) is 24.5 Å². The number of pyridine rings is 1. The minimum absolute atomic E-state index is 0.0451. The van der Waals surface area contributed by atoms with Crippen molar-refractivity contribution in [1.29, 1.82) is 0 Å². The van der Waals surface area contributed by atoms with Gasteiger partial charge in [0.1, 0.15) is 0 Å². The van der Waals surface area contributed by atoms with Crippen LogP contribution in [0.5, 0.6) is 0 Å². The predicted molar refractivity (Wildman–Crippen MR) is 120 cm³/mol. The average Bonchev–Trinajstić information content (AvgIpc) is 3.32. The van der Waals surface area contributed by atoms with Crippen molar-refractivity contribution in [2.45, 2.75) is 31.5 Å². The van der Waals surface area contributed by atoms with E-state index in [9.17, 15) is 14.4 Å². The molecule has 0 bridgehead atoms. The second kappa shape index (κ2) is 8.38. The summed E-state index contributed by atoms with van der Waals surface area (Å²) in [5.41, 5.74) is 7.80. The van der Waals surface area contributed by atoms with E-state index >= 15 is 0 Å². The monoisotopic (exact) mass is 444 g/mol. The minimum atomic E-state index is -0.951. The lowest BCUT2D eigenvalue weighted by molar-refractivity contribution is -0.181. The van der Waals surface area contributed by atoms with Gasteiger partial charge >= 0.3 is 0 Å². The van der Waals surface area contributed by atoms with Gasteiger partial charge in [-0.05, 0) is 30.2 Å². The number of benzene rings is 2. The van der Waals surface area contributed by atoms with Crippen LogP contribution in [0.3, 0.4) is 0 Å². The van der Waals surface area contributed by atoms with Crippen molar-refractivity contribution in [3.8, 4) is 0 Å². The summed E-state index contributed by atoms with van der Waals surface area (Å²) in [6, 6.07) is 18.1. The number of fused-ring (bicyclic) bond motifs is 2. The number of imide groups is 1. The first kappa shape index (κ1) is 21.2. The van der Waals surface area contributed by atoms with Crippen molar-refractivity contribution < 1.29 is 19.2 Å². The average molecular weight is 444 g/mol. The Hall–Kier alpha value is -3.62. The van der Waals surface area contributed by atoms with Crippen molar-refractivity contribution in [2.75, 3.05) is 6.54 Å². The van der Waals surface area contributed by atoms with Crippen molar-refractivity contribution in [2.24, 2.45) is 11.7 Å². The molecule has 2 fully saturated rings. The number of likely N-dealkylation sites (tertiary alicyclic amines) is 1. The quantitative estimate of drug-likeness (QED) is 0.586. The number of rotatable bonds is 6. The molecular formula is C25H24N4O4. The standard InChI is InChI=1S/C25H24N4O4/c1-15(16-7-3-2-4-8-16)29-24(31)21-22(18-13-17-9-5-6-10-19(17)27-14-18)28(12-11-20(26)30)33-23(21)25(29)32/h2-10,13-15,21-23H,11-12H2,1H3,(H2,26,30). The molecule has 33 heavy (non-hydrogen) atoms. The normalized spacial score (nSPS) is 23.8. The number of para-hydroxylation sites is 1. The highest BCUT2D eigenvalue weighted by Crippen LogP contribution is 2.46. The largest absolute Gasteiger partial charge is 0.370 e. The Morgan fingerprint density at radius 3 is 2.58 bits per heavy atom. The van der Waals surface area contributed by atoms with Crippen LogP contribution in [0.2, 0.25) is 0 Å². The second-order valence-electron chi connectivity index (χ2n) is 8.45. The second-order valence-corrected chi connectivity index (χ2v) is 8.45. The zero-order valence-electron chi connectivity index (χ0n) is 18.1. The topological polar surface area (TPSA) is 106 Å². The molecule has 2 aliphatic heterocycles. The van der Waals surface area contributed by atoms with Crippen LogP contribution in [0.15, 0.2) is 66.9 Å². The Morgan fingerprint density at radius 1 is 1.09 bits per heavy atom. The Morgan fingerprint density at radius 2 is 1.82 bits per heavy atom. The van der Waals surface area contributed by atoms with Crippen LogP contribution in [0.4, 0.5) is 0 Å². The number of carbonyl (C=O) groups is 3. The number of aromatic nitrogens is 1. The van der Waals surface area contributed by atoms with Crippen molar-refractivity contribution >= 4 is 28.6 Å². The molecule has 168 valence electrons. The third kappa shape index (κ3) is 3.67. The molecule has 3 aromatic rings. The Balaban J connectivity index is 1.52. The predicted octanol–water partition coefficient (Wildman–Crippen LogP) is 2.51. The number of amides is 3. The zero-order chi connectivity index (χ0) is 23.1. The van der Waals surface area contributed by atoms with Gasteiger partial charge in [0.15, 0.2) is 6.10 Å². The molecule has 8 nitrogen and oxygen atoms in total. The molecule has 4 unspecified atom stereocenters. The minimum Gasteiger partial charge on any atom is -0.370 e. The molecule has 0 radical (unpaired) electrons. The third-order valence-electron chi connectivity index (χ3n) is 6.43. The first-order chi connectivity index (χ1) is 16.0. The molecule has 3 heterocycles. The van der Waals surface area contributed by atoms with Crippen LogP contribution in [-0.2, 0) is 19.2 Å². The van der Waals surface area contributed by atoms with E-state index in [1.165, 1.54) is 4.90 Å². The summed E-state index contributed by atoms with van der Waals surface area (Å²) in [5.74, 6) is -1.88. The fourth-order valence-electron chi connectivity index (χ4n) is 4.79. The van der Waals surface area contributed by atoms with Crippen molar-refractivity contribution in [3.05, 3.63) is 78.0 Å². The lowest BCUT2D eigenvalue weighted by Crippen LogP contribution is -2.39. The summed E-state index contributed by atoms with van der Waals surface area (Å²) in [5, 5.41) is 2.46. The highest BCUT2D eigenvalue weighted by Gasteiger charge is 2.60. The maximum absolute atomic E-state index is 13.6. The first-order valence-corrected chi connectivity index (χ1v) is 10.9. The van der Waals surface area contributed by atoms with Gasteiger partial charge in [-0.2, -0.15) is 5.06 Å². The number of nitrogens with zero attached hydrogens (tertiary/aromatic N) is 3. The van der Waals surface area contributed by atoms with Crippen LogP contribution in [-0.4, -0.2) is 45.3 Å². The SMILES string of the molecule is CC(c1ccccc1)N1C(=O)C2ON(CCC(N)=O)C(c3cnc4ccccc4c3)C2C1=O. The van der Waals surface area contributed by atoms with E-state index in [-0.39, 0.29) is 24.8 Å². The number of primary amides is 1. The van der Waals surface area contributed by atoms with Crippen LogP contribution < -0.4 is 5.73 Å². The molecule has 0 aliphatic carbocycles. The van der Waals surface area contributed by atoms with Gasteiger partial charge in [0.2, 0.25) is 11.8 Å². The molecule has 0 spiro atoms. The summed E-state index contributed by atoms with van der Waals surface area (Å²) < 4.78 is 0. The van der Waals surface area contributed by atoms with Gasteiger partial charge in [-0.1, -0.05) is 48.5 Å². The lowest BCUT2D eigenvalue weighted by Gasteiger charge is -2.29. The van der Waals surface area contributed by atoms with Gasteiger partial charge in [0.05, 0.1) is 23.5 Å². The van der Waals surface area contributed by atoms with Crippen LogP contribution in [0.25, 0.3) is 10.9 Å². The molecule has 3 amide bonds. The van der Waals surface area contributed by atoms with Gasteiger partial charge < -0.3 is 5.73 Å². The van der Waals surface area contributed by atoms with Crippen LogP contribution in [0.1, 0.15) is 36.6 Å². The molecular weight excluding hydrogens is 420 g/mol. The van der Waals surface area contributed by atoms with E-state index in [4.69, 9.17) is 10.6 Å². The maximum Gasteiger partial charge on any atom is 0.261 e. The van der Waals surface area contributed by atoms with Gasteiger partial charge in [-0.15, -0.1) is 0 Å². The smallest absolute Gasteiger partial charge is 0.261 e. The van der Waals surface area contributed by atoms with Gasteiger partial charge in [-0.25, -0.2) is 0 Å². The maximum atomic E-state index is 13.6. The highest BCUT2D eigenvalue weighted by molar-refractivity contribution is 6.07. The molecule has 1 aromatic heterocycles. The molecule has 8 heteroatoms. The summed E-state index contributed by atoms with van der Waals surface area (Å²) in [6.45, 7) is 2.01. The third-order valence-corrected chi connectivity index (χ3v) is 6.43. The number of nitrogens with two attached hydrogens (primary N) is 1. The fraction of sp³-hybridized carbons (Fsp3) is 0.280. The fourth-order valence-corrected chi connectivity index (χ4v) is 4.79. The van der Waals surface area contributed by atoms with Crippen LogP contribution in [0, 0.1) is 5.92 Å². The number of hydrogen-bond donors (Lipinski definition) is 1. The molecule has 4 atom stereocenters. The molecule has 2 aliphatic rings. The Kier molecular flexibility index (Phi) is 5.39. The first-order valence-electron chi connectivity index (χ1n) is 10.9. The van der Waals surface area contributed by atoms with E-state index < -0.39 is 30.0 Å². The number of hydroxylamine groups is 2. The van der Waals surface area contributed by atoms with E-state index in [0.717, 1.165) is 22.0 Å². The summed E-state index contributed by atoms with van der Waals surface area (Å²) >= 11 is 0. The van der Waals surface area contributed by atoms with E-state index in [1.807, 2.05) is 67.6 Å². The summed E-state index contributed by atoms with van der Waals surface area (Å²) in [6.07, 6.45) is 0.800. The Bertz CT molecular complexity index is 1230. The molecule has 2 aromatic carbocycles. The highest BCUT2D eigenvalue weighted by atomic mass is 16.7. The van der Waals surface area contributed by atoms with Crippen LogP contribution >= 0.6 is 0 Å². The number of carbonyl (C=O) groups excluding carboxylic acids is 3. The Labute approximate surface area is 190 Å². The summed E-state index contributed by atoms with van der Waals surface area (Å²) in [4.78, 5) is 50.2. The molecule has 5 rings (SSSR count). The van der Waals surface area contributed by atoms with E-state index in [1.54, 1.807) is 11.3 Å². The van der Waals surface area contributed by atoms with Crippen molar-refractivity contribution in [3.63, 3.8) is 0 Å². The molecule has 2 N–H and O–H groups in total. The summed E-state index contributed by atoms with van der Waals surface area (Å²) in [7, 11) is 0.